The number of aromatic nitrogens is 2. The average molecular weight is 266 g/mol. The topological polar surface area (TPSA) is 17.3 Å². The van der Waals surface area contributed by atoms with Crippen molar-refractivity contribution in [3.8, 4) is 11.3 Å². The van der Waals surface area contributed by atoms with Gasteiger partial charge in [-0.1, -0.05) is 38.1 Å². The maximum absolute atomic E-state index is 13.5. The molecule has 0 spiro atoms. The minimum atomic E-state index is -0.227. The molecule has 0 saturated heterocycles. The largest absolute Gasteiger partial charge is 0.300 e. The SMILES string of the molecule is CC1(C)Cc2c(nc3ccc(F)cn23)-c2ccccc21. The van der Waals surface area contributed by atoms with Crippen LogP contribution in [0.15, 0.2) is 42.6 Å². The number of fused-ring (bicyclic) bond motifs is 5. The zero-order chi connectivity index (χ0) is 13.9. The lowest BCUT2D eigenvalue weighted by atomic mass is 9.73. The van der Waals surface area contributed by atoms with Gasteiger partial charge in [0.05, 0.1) is 11.4 Å². The Labute approximate surface area is 116 Å². The molecule has 1 aromatic carbocycles. The van der Waals surface area contributed by atoms with E-state index in [1.54, 1.807) is 6.07 Å². The Bertz CT molecular complexity index is 830. The van der Waals surface area contributed by atoms with Crippen LogP contribution in [0.4, 0.5) is 4.39 Å². The van der Waals surface area contributed by atoms with Crippen LogP contribution in [-0.2, 0) is 11.8 Å². The first-order valence-electron chi connectivity index (χ1n) is 6.83. The minimum Gasteiger partial charge on any atom is -0.300 e. The van der Waals surface area contributed by atoms with Gasteiger partial charge in [0.1, 0.15) is 11.5 Å². The van der Waals surface area contributed by atoms with E-state index in [2.05, 4.69) is 32.0 Å². The summed E-state index contributed by atoms with van der Waals surface area (Å²) in [5.41, 5.74) is 5.42. The highest BCUT2D eigenvalue weighted by atomic mass is 19.1. The first-order valence-corrected chi connectivity index (χ1v) is 6.83. The number of rotatable bonds is 0. The Kier molecular flexibility index (Phi) is 2.15. The van der Waals surface area contributed by atoms with E-state index < -0.39 is 0 Å². The molecule has 0 atom stereocenters. The summed E-state index contributed by atoms with van der Waals surface area (Å²) >= 11 is 0. The first kappa shape index (κ1) is 11.6. The standard InChI is InChI=1S/C17H15FN2/c1-17(2)9-14-16(12-5-3-4-6-13(12)17)19-15-8-7-11(18)10-20(14)15/h3-8,10H,9H2,1-2H3. The van der Waals surface area contributed by atoms with Crippen molar-refractivity contribution in [1.29, 1.82) is 0 Å². The molecule has 0 radical (unpaired) electrons. The first-order chi connectivity index (χ1) is 9.56. The predicted molar refractivity (Wildman–Crippen MR) is 77.3 cm³/mol. The average Bonchev–Trinajstić information content (AvgIpc) is 2.77. The van der Waals surface area contributed by atoms with E-state index in [1.807, 2.05) is 10.5 Å². The summed E-state index contributed by atoms with van der Waals surface area (Å²) in [6, 6.07) is 11.6. The molecule has 20 heavy (non-hydrogen) atoms. The molecule has 4 rings (SSSR count). The summed E-state index contributed by atoms with van der Waals surface area (Å²) < 4.78 is 15.4. The number of nitrogens with zero attached hydrogens (tertiary/aromatic N) is 2. The van der Waals surface area contributed by atoms with Gasteiger partial charge in [-0.15, -0.1) is 0 Å². The van der Waals surface area contributed by atoms with Gasteiger partial charge in [0, 0.05) is 11.8 Å². The highest BCUT2D eigenvalue weighted by molar-refractivity contribution is 5.73. The van der Waals surface area contributed by atoms with Crippen LogP contribution in [0.5, 0.6) is 0 Å². The summed E-state index contributed by atoms with van der Waals surface area (Å²) in [6.45, 7) is 4.46. The van der Waals surface area contributed by atoms with Crippen LogP contribution in [0.1, 0.15) is 25.1 Å². The number of hydrogen-bond acceptors (Lipinski definition) is 1. The van der Waals surface area contributed by atoms with E-state index in [-0.39, 0.29) is 11.2 Å². The maximum Gasteiger partial charge on any atom is 0.139 e. The normalized spacial score (nSPS) is 15.9. The van der Waals surface area contributed by atoms with Crippen LogP contribution in [0.25, 0.3) is 16.9 Å². The highest BCUT2D eigenvalue weighted by Crippen LogP contribution is 2.42. The molecule has 0 saturated carbocycles. The molecule has 0 aliphatic heterocycles. The van der Waals surface area contributed by atoms with E-state index >= 15 is 0 Å². The van der Waals surface area contributed by atoms with E-state index in [0.29, 0.717) is 0 Å². The lowest BCUT2D eigenvalue weighted by Gasteiger charge is -2.32. The van der Waals surface area contributed by atoms with Gasteiger partial charge in [-0.3, -0.25) is 0 Å². The van der Waals surface area contributed by atoms with Crippen molar-refractivity contribution >= 4 is 5.65 Å². The molecule has 3 heteroatoms. The number of hydrogen-bond donors (Lipinski definition) is 0. The van der Waals surface area contributed by atoms with Crippen LogP contribution >= 0.6 is 0 Å². The van der Waals surface area contributed by atoms with Crippen LogP contribution in [0, 0.1) is 5.82 Å². The van der Waals surface area contributed by atoms with Crippen molar-refractivity contribution in [2.45, 2.75) is 25.7 Å². The van der Waals surface area contributed by atoms with Crippen LogP contribution in [-0.4, -0.2) is 9.38 Å². The Morgan fingerprint density at radius 1 is 1.15 bits per heavy atom. The zero-order valence-corrected chi connectivity index (χ0v) is 11.5. The smallest absolute Gasteiger partial charge is 0.139 e. The lowest BCUT2D eigenvalue weighted by Crippen LogP contribution is -2.26. The van der Waals surface area contributed by atoms with Crippen LogP contribution in [0.3, 0.4) is 0 Å². The van der Waals surface area contributed by atoms with E-state index in [0.717, 1.165) is 23.5 Å². The van der Waals surface area contributed by atoms with Crippen LogP contribution in [0.2, 0.25) is 0 Å². The second-order valence-corrected chi connectivity index (χ2v) is 6.09. The summed E-state index contributed by atoms with van der Waals surface area (Å²) in [5.74, 6) is -0.227. The molecule has 2 heterocycles. The van der Waals surface area contributed by atoms with Gasteiger partial charge in [-0.25, -0.2) is 9.37 Å². The number of pyridine rings is 1. The van der Waals surface area contributed by atoms with Gasteiger partial charge in [-0.05, 0) is 29.5 Å². The van der Waals surface area contributed by atoms with Crippen molar-refractivity contribution in [3.63, 3.8) is 0 Å². The predicted octanol–water partition coefficient (Wildman–Crippen LogP) is 3.97. The fourth-order valence-electron chi connectivity index (χ4n) is 3.25. The van der Waals surface area contributed by atoms with Crippen LogP contribution < -0.4 is 0 Å². The number of halogens is 1. The van der Waals surface area contributed by atoms with Crippen molar-refractivity contribution in [2.75, 3.05) is 0 Å². The zero-order valence-electron chi connectivity index (χ0n) is 11.5. The number of benzene rings is 1. The van der Waals surface area contributed by atoms with E-state index in [4.69, 9.17) is 4.98 Å². The monoisotopic (exact) mass is 266 g/mol. The molecule has 0 bridgehead atoms. The lowest BCUT2D eigenvalue weighted by molar-refractivity contribution is 0.506. The summed E-state index contributed by atoms with van der Waals surface area (Å²) in [7, 11) is 0. The molecule has 0 unspecified atom stereocenters. The molecule has 1 aliphatic rings. The fourth-order valence-corrected chi connectivity index (χ4v) is 3.25. The quantitative estimate of drug-likeness (QED) is 0.601. The van der Waals surface area contributed by atoms with Gasteiger partial charge < -0.3 is 4.40 Å². The van der Waals surface area contributed by atoms with Gasteiger partial charge in [0.15, 0.2) is 0 Å². The minimum absolute atomic E-state index is 0.0336. The number of imidazole rings is 1. The molecule has 3 aromatic rings. The van der Waals surface area contributed by atoms with Crippen molar-refractivity contribution in [3.05, 3.63) is 59.7 Å². The molecule has 0 N–H and O–H groups in total. The maximum atomic E-state index is 13.5. The molecule has 0 amide bonds. The summed E-state index contributed by atoms with van der Waals surface area (Å²) in [5, 5.41) is 0. The molecule has 0 fully saturated rings. The fraction of sp³-hybridized carbons (Fsp3) is 0.235. The molecular weight excluding hydrogens is 251 g/mol. The van der Waals surface area contributed by atoms with Crippen molar-refractivity contribution in [2.24, 2.45) is 0 Å². The Hall–Kier alpha value is -2.16. The third-order valence-corrected chi connectivity index (χ3v) is 4.20. The van der Waals surface area contributed by atoms with Crippen molar-refractivity contribution < 1.29 is 4.39 Å². The molecular formula is C17H15FN2. The third kappa shape index (κ3) is 1.46. The molecule has 2 nitrogen and oxygen atoms in total. The molecule has 1 aliphatic carbocycles. The van der Waals surface area contributed by atoms with E-state index in [1.165, 1.54) is 23.4 Å². The second-order valence-electron chi connectivity index (χ2n) is 6.09. The van der Waals surface area contributed by atoms with Crippen molar-refractivity contribution in [1.82, 2.24) is 9.38 Å². The summed E-state index contributed by atoms with van der Waals surface area (Å²) in [4.78, 5) is 4.70. The Balaban J connectivity index is 2.11. The molecule has 2 aromatic heterocycles. The summed E-state index contributed by atoms with van der Waals surface area (Å²) in [6.07, 6.45) is 2.40. The molecule has 100 valence electrons. The van der Waals surface area contributed by atoms with Gasteiger partial charge in [0.25, 0.3) is 0 Å². The third-order valence-electron chi connectivity index (χ3n) is 4.20. The second kappa shape index (κ2) is 3.69. The van der Waals surface area contributed by atoms with Gasteiger partial charge in [0.2, 0.25) is 0 Å². The Morgan fingerprint density at radius 3 is 2.80 bits per heavy atom. The van der Waals surface area contributed by atoms with Gasteiger partial charge >= 0.3 is 0 Å². The Morgan fingerprint density at radius 2 is 1.95 bits per heavy atom. The van der Waals surface area contributed by atoms with Gasteiger partial charge in [-0.2, -0.15) is 0 Å². The highest BCUT2D eigenvalue weighted by Gasteiger charge is 2.33. The van der Waals surface area contributed by atoms with E-state index in [9.17, 15) is 4.39 Å².